The summed E-state index contributed by atoms with van der Waals surface area (Å²) in [6.45, 7) is 3.91. The van der Waals surface area contributed by atoms with E-state index in [1.165, 1.54) is 11.8 Å². The number of hydrogen-bond donors (Lipinski definition) is 1. The molecule has 0 aliphatic heterocycles. The Morgan fingerprint density at radius 2 is 1.89 bits per heavy atom. The molecule has 1 saturated carbocycles. The van der Waals surface area contributed by atoms with Gasteiger partial charge in [0.05, 0.1) is 5.75 Å². The van der Waals surface area contributed by atoms with Crippen molar-refractivity contribution in [3.63, 3.8) is 0 Å². The Morgan fingerprint density at radius 1 is 1.26 bits per heavy atom. The van der Waals surface area contributed by atoms with Gasteiger partial charge in [-0.25, -0.2) is 8.42 Å². The first-order valence-corrected chi connectivity index (χ1v) is 8.90. The first-order chi connectivity index (χ1) is 8.90. The first kappa shape index (κ1) is 14.5. The molecular formula is C15H23NO2S. The molecule has 106 valence electrons. The molecule has 1 aromatic carbocycles. The summed E-state index contributed by atoms with van der Waals surface area (Å²) in [5.41, 5.74) is 1.34. The highest BCUT2D eigenvalue weighted by molar-refractivity contribution is 7.90. The van der Waals surface area contributed by atoms with Crippen LogP contribution in [0.15, 0.2) is 30.3 Å². The van der Waals surface area contributed by atoms with Gasteiger partial charge in [-0.1, -0.05) is 37.3 Å². The SMILES string of the molecule is CC(CNCC1(CS(C)(=O)=O)CC1)c1ccccc1. The fourth-order valence-corrected chi connectivity index (χ4v) is 4.06. The van der Waals surface area contributed by atoms with Crippen LogP contribution in [0.5, 0.6) is 0 Å². The molecule has 4 heteroatoms. The number of hydrogen-bond acceptors (Lipinski definition) is 3. The van der Waals surface area contributed by atoms with Crippen molar-refractivity contribution in [3.8, 4) is 0 Å². The predicted octanol–water partition coefficient (Wildman–Crippen LogP) is 2.20. The molecule has 1 aliphatic rings. The number of sulfone groups is 1. The minimum Gasteiger partial charge on any atom is -0.316 e. The van der Waals surface area contributed by atoms with Gasteiger partial charge in [0.2, 0.25) is 0 Å². The van der Waals surface area contributed by atoms with Crippen LogP contribution in [0.1, 0.15) is 31.2 Å². The minimum absolute atomic E-state index is 0.0178. The summed E-state index contributed by atoms with van der Waals surface area (Å²) < 4.78 is 22.8. The quantitative estimate of drug-likeness (QED) is 0.833. The van der Waals surface area contributed by atoms with Crippen molar-refractivity contribution in [2.24, 2.45) is 5.41 Å². The molecule has 0 saturated heterocycles. The van der Waals surface area contributed by atoms with Crippen molar-refractivity contribution < 1.29 is 8.42 Å². The molecule has 1 fully saturated rings. The summed E-state index contributed by atoms with van der Waals surface area (Å²) in [6.07, 6.45) is 3.40. The molecular weight excluding hydrogens is 258 g/mol. The van der Waals surface area contributed by atoms with Crippen molar-refractivity contribution in [1.82, 2.24) is 5.32 Å². The zero-order valence-corrected chi connectivity index (χ0v) is 12.5. The Hall–Kier alpha value is -0.870. The lowest BCUT2D eigenvalue weighted by molar-refractivity contribution is 0.480. The van der Waals surface area contributed by atoms with Crippen LogP contribution >= 0.6 is 0 Å². The molecule has 0 spiro atoms. The Kier molecular flexibility index (Phi) is 4.31. The zero-order chi connectivity index (χ0) is 13.9. The zero-order valence-electron chi connectivity index (χ0n) is 11.7. The third-order valence-electron chi connectivity index (χ3n) is 3.84. The average Bonchev–Trinajstić information content (AvgIpc) is 3.07. The van der Waals surface area contributed by atoms with Crippen molar-refractivity contribution in [2.75, 3.05) is 25.1 Å². The van der Waals surface area contributed by atoms with E-state index in [0.717, 1.165) is 25.9 Å². The van der Waals surface area contributed by atoms with Gasteiger partial charge in [-0.3, -0.25) is 0 Å². The second kappa shape index (κ2) is 5.63. The van der Waals surface area contributed by atoms with Crippen molar-refractivity contribution in [3.05, 3.63) is 35.9 Å². The molecule has 2 rings (SSSR count). The minimum atomic E-state index is -2.86. The van der Waals surface area contributed by atoms with E-state index in [9.17, 15) is 8.42 Å². The van der Waals surface area contributed by atoms with Gasteiger partial charge in [0.15, 0.2) is 0 Å². The molecule has 0 bridgehead atoms. The molecule has 1 N–H and O–H groups in total. The molecule has 0 amide bonds. The third-order valence-corrected chi connectivity index (χ3v) is 4.98. The Bertz CT molecular complexity index is 506. The maximum Gasteiger partial charge on any atom is 0.148 e. The lowest BCUT2D eigenvalue weighted by atomic mass is 10.0. The maximum absolute atomic E-state index is 11.4. The topological polar surface area (TPSA) is 46.2 Å². The molecule has 1 aromatic rings. The van der Waals surface area contributed by atoms with Gasteiger partial charge in [-0.15, -0.1) is 0 Å². The third kappa shape index (κ3) is 4.62. The summed E-state index contributed by atoms with van der Waals surface area (Å²) in [4.78, 5) is 0. The number of benzene rings is 1. The summed E-state index contributed by atoms with van der Waals surface area (Å²) >= 11 is 0. The van der Waals surface area contributed by atoms with Crippen LogP contribution < -0.4 is 5.32 Å². The molecule has 19 heavy (non-hydrogen) atoms. The molecule has 0 heterocycles. The van der Waals surface area contributed by atoms with Gasteiger partial charge in [-0.05, 0) is 29.7 Å². The molecule has 0 aromatic heterocycles. The van der Waals surface area contributed by atoms with Gasteiger partial charge in [-0.2, -0.15) is 0 Å². The van der Waals surface area contributed by atoms with Crippen LogP contribution in [0.25, 0.3) is 0 Å². The van der Waals surface area contributed by atoms with Crippen molar-refractivity contribution in [2.45, 2.75) is 25.7 Å². The maximum atomic E-state index is 11.4. The van der Waals surface area contributed by atoms with E-state index >= 15 is 0 Å². The van der Waals surface area contributed by atoms with Crippen LogP contribution in [0.2, 0.25) is 0 Å². The smallest absolute Gasteiger partial charge is 0.148 e. The highest BCUT2D eigenvalue weighted by Crippen LogP contribution is 2.46. The molecule has 1 unspecified atom stereocenters. The highest BCUT2D eigenvalue weighted by atomic mass is 32.2. The Balaban J connectivity index is 1.78. The summed E-state index contributed by atoms with van der Waals surface area (Å²) in [5, 5.41) is 3.44. The fraction of sp³-hybridized carbons (Fsp3) is 0.600. The van der Waals surface area contributed by atoms with E-state index in [4.69, 9.17) is 0 Å². The molecule has 0 radical (unpaired) electrons. The predicted molar refractivity (Wildman–Crippen MR) is 79.1 cm³/mol. The van der Waals surface area contributed by atoms with Crippen LogP contribution in [-0.2, 0) is 9.84 Å². The van der Waals surface area contributed by atoms with Gasteiger partial charge in [0.1, 0.15) is 9.84 Å². The fourth-order valence-electron chi connectivity index (χ4n) is 2.56. The van der Waals surface area contributed by atoms with E-state index in [1.54, 1.807) is 0 Å². The van der Waals surface area contributed by atoms with Crippen molar-refractivity contribution >= 4 is 9.84 Å². The first-order valence-electron chi connectivity index (χ1n) is 6.84. The number of rotatable bonds is 7. The van der Waals surface area contributed by atoms with Gasteiger partial charge in [0.25, 0.3) is 0 Å². The standard InChI is InChI=1S/C15H23NO2S/c1-13(14-6-4-3-5-7-14)10-16-11-15(8-9-15)12-19(2,17)18/h3-7,13,16H,8-12H2,1-2H3. The Labute approximate surface area is 116 Å². The van der Waals surface area contributed by atoms with Gasteiger partial charge in [0, 0.05) is 19.3 Å². The lowest BCUT2D eigenvalue weighted by Crippen LogP contribution is -2.31. The van der Waals surface area contributed by atoms with E-state index in [0.29, 0.717) is 11.7 Å². The normalized spacial score (nSPS) is 19.1. The summed E-state index contributed by atoms with van der Waals surface area (Å²) in [6, 6.07) is 10.4. The molecule has 1 atom stereocenters. The molecule has 3 nitrogen and oxygen atoms in total. The Morgan fingerprint density at radius 3 is 2.42 bits per heavy atom. The largest absolute Gasteiger partial charge is 0.316 e. The van der Waals surface area contributed by atoms with Gasteiger partial charge < -0.3 is 5.32 Å². The highest BCUT2D eigenvalue weighted by Gasteiger charge is 2.44. The van der Waals surface area contributed by atoms with E-state index < -0.39 is 9.84 Å². The average molecular weight is 281 g/mol. The van der Waals surface area contributed by atoms with E-state index in [2.05, 4.69) is 36.5 Å². The van der Waals surface area contributed by atoms with Crippen LogP contribution in [-0.4, -0.2) is 33.5 Å². The summed E-state index contributed by atoms with van der Waals surface area (Å²) in [7, 11) is -2.86. The van der Waals surface area contributed by atoms with E-state index in [1.807, 2.05) is 6.07 Å². The van der Waals surface area contributed by atoms with E-state index in [-0.39, 0.29) is 5.41 Å². The molecule has 1 aliphatic carbocycles. The van der Waals surface area contributed by atoms with Crippen molar-refractivity contribution in [1.29, 1.82) is 0 Å². The van der Waals surface area contributed by atoms with Crippen LogP contribution in [0.3, 0.4) is 0 Å². The second-order valence-electron chi connectivity index (χ2n) is 6.01. The lowest BCUT2D eigenvalue weighted by Gasteiger charge is -2.18. The second-order valence-corrected chi connectivity index (χ2v) is 8.15. The summed E-state index contributed by atoms with van der Waals surface area (Å²) in [5.74, 6) is 0.780. The van der Waals surface area contributed by atoms with Crippen LogP contribution in [0, 0.1) is 5.41 Å². The number of nitrogens with one attached hydrogen (secondary N) is 1. The van der Waals surface area contributed by atoms with Gasteiger partial charge >= 0.3 is 0 Å². The van der Waals surface area contributed by atoms with Crippen LogP contribution in [0.4, 0.5) is 0 Å². The monoisotopic (exact) mass is 281 g/mol.